The van der Waals surface area contributed by atoms with E-state index in [-0.39, 0.29) is 18.2 Å². The van der Waals surface area contributed by atoms with Crippen LogP contribution in [0.5, 0.6) is 5.75 Å². The van der Waals surface area contributed by atoms with Crippen LogP contribution in [0.4, 0.5) is 0 Å². The molecule has 0 aromatic heterocycles. The molecule has 3 aromatic rings. The highest BCUT2D eigenvalue weighted by molar-refractivity contribution is 6.30. The van der Waals surface area contributed by atoms with Crippen molar-refractivity contribution in [3.05, 3.63) is 101 Å². The van der Waals surface area contributed by atoms with Crippen molar-refractivity contribution in [1.82, 2.24) is 10.2 Å². The maximum absolute atomic E-state index is 13.6. The molecule has 34 heavy (non-hydrogen) atoms. The number of halogens is 1. The van der Waals surface area contributed by atoms with Crippen molar-refractivity contribution in [3.8, 4) is 5.75 Å². The van der Waals surface area contributed by atoms with Gasteiger partial charge < -0.3 is 15.0 Å². The topological polar surface area (TPSA) is 58.6 Å². The molecular weight excluding hydrogens is 448 g/mol. The van der Waals surface area contributed by atoms with Crippen LogP contribution in [0, 0.1) is 0 Å². The first-order valence-corrected chi connectivity index (χ1v) is 11.9. The second kappa shape index (κ2) is 12.8. The molecule has 0 saturated carbocycles. The minimum Gasteiger partial charge on any atom is -0.497 e. The average Bonchev–Trinajstić information content (AvgIpc) is 2.87. The lowest BCUT2D eigenvalue weighted by Crippen LogP contribution is -2.51. The van der Waals surface area contributed by atoms with Gasteiger partial charge in [0, 0.05) is 24.5 Å². The van der Waals surface area contributed by atoms with Crippen molar-refractivity contribution in [2.45, 2.75) is 38.8 Å². The number of amides is 2. The van der Waals surface area contributed by atoms with Gasteiger partial charge in [0.05, 0.1) is 13.5 Å². The summed E-state index contributed by atoms with van der Waals surface area (Å²) >= 11 is 6.02. The summed E-state index contributed by atoms with van der Waals surface area (Å²) in [4.78, 5) is 28.6. The zero-order chi connectivity index (χ0) is 24.3. The van der Waals surface area contributed by atoms with E-state index in [1.54, 1.807) is 24.1 Å². The van der Waals surface area contributed by atoms with Crippen molar-refractivity contribution >= 4 is 23.4 Å². The number of benzene rings is 3. The zero-order valence-corrected chi connectivity index (χ0v) is 20.4. The number of nitrogens with one attached hydrogen (secondary N) is 1. The van der Waals surface area contributed by atoms with E-state index in [1.165, 1.54) is 0 Å². The third-order valence-electron chi connectivity index (χ3n) is 5.60. The van der Waals surface area contributed by atoms with Crippen molar-refractivity contribution in [2.24, 2.45) is 0 Å². The number of hydrogen-bond donors (Lipinski definition) is 1. The maximum Gasteiger partial charge on any atom is 0.243 e. The van der Waals surface area contributed by atoms with Crippen LogP contribution in [0.3, 0.4) is 0 Å². The molecule has 0 saturated heterocycles. The van der Waals surface area contributed by atoms with E-state index in [0.717, 1.165) is 28.9 Å². The van der Waals surface area contributed by atoms with E-state index in [9.17, 15) is 9.59 Å². The summed E-state index contributed by atoms with van der Waals surface area (Å²) in [5.41, 5.74) is 2.77. The molecule has 0 aliphatic rings. The molecule has 0 bridgehead atoms. The molecule has 6 heteroatoms. The molecule has 0 fully saturated rings. The van der Waals surface area contributed by atoms with E-state index < -0.39 is 6.04 Å². The number of methoxy groups -OCH3 is 1. The van der Waals surface area contributed by atoms with Crippen molar-refractivity contribution in [2.75, 3.05) is 13.7 Å². The molecule has 0 aliphatic heterocycles. The molecule has 1 atom stereocenters. The van der Waals surface area contributed by atoms with Gasteiger partial charge in [-0.1, -0.05) is 73.1 Å². The van der Waals surface area contributed by atoms with Gasteiger partial charge in [0.25, 0.3) is 0 Å². The maximum atomic E-state index is 13.6. The molecule has 0 heterocycles. The van der Waals surface area contributed by atoms with Gasteiger partial charge in [0.1, 0.15) is 11.8 Å². The Bertz CT molecular complexity index is 1050. The Hall–Kier alpha value is -3.31. The van der Waals surface area contributed by atoms with Crippen LogP contribution >= 0.6 is 11.6 Å². The average molecular weight is 479 g/mol. The first kappa shape index (κ1) is 25.3. The van der Waals surface area contributed by atoms with E-state index >= 15 is 0 Å². The van der Waals surface area contributed by atoms with Gasteiger partial charge in [-0.05, 0) is 47.4 Å². The van der Waals surface area contributed by atoms with Crippen LogP contribution in [-0.4, -0.2) is 36.4 Å². The highest BCUT2D eigenvalue weighted by atomic mass is 35.5. The van der Waals surface area contributed by atoms with Gasteiger partial charge in [-0.3, -0.25) is 9.59 Å². The number of carbonyl (C=O) groups is 2. The van der Waals surface area contributed by atoms with Gasteiger partial charge in [0.15, 0.2) is 0 Å². The Kier molecular flexibility index (Phi) is 9.53. The van der Waals surface area contributed by atoms with Gasteiger partial charge in [0.2, 0.25) is 11.8 Å². The standard InChI is InChI=1S/C28H31ClN2O3/c1-3-17-30-28(33)26(18-21-7-5-4-6-8-21)31(20-23-11-15-25(34-2)16-12-23)27(32)19-22-9-13-24(29)14-10-22/h4-16,26H,3,17-20H2,1-2H3,(H,30,33)/t26-/m0/s1. The third-order valence-corrected chi connectivity index (χ3v) is 5.85. The first-order chi connectivity index (χ1) is 16.5. The second-order valence-corrected chi connectivity index (χ2v) is 8.61. The molecule has 1 N–H and O–H groups in total. The summed E-state index contributed by atoms with van der Waals surface area (Å²) in [5.74, 6) is 0.471. The van der Waals surface area contributed by atoms with Crippen LogP contribution < -0.4 is 10.1 Å². The summed E-state index contributed by atoms with van der Waals surface area (Å²) in [5, 5.41) is 3.61. The normalized spacial score (nSPS) is 11.5. The van der Waals surface area contributed by atoms with Gasteiger partial charge >= 0.3 is 0 Å². The van der Waals surface area contributed by atoms with Crippen LogP contribution in [0.25, 0.3) is 0 Å². The summed E-state index contributed by atoms with van der Waals surface area (Å²) in [6.07, 6.45) is 1.43. The Balaban J connectivity index is 1.93. The van der Waals surface area contributed by atoms with Crippen molar-refractivity contribution < 1.29 is 14.3 Å². The number of nitrogens with zero attached hydrogens (tertiary/aromatic N) is 1. The van der Waals surface area contributed by atoms with Gasteiger partial charge in [-0.2, -0.15) is 0 Å². The molecule has 0 spiro atoms. The van der Waals surface area contributed by atoms with Crippen molar-refractivity contribution in [1.29, 1.82) is 0 Å². The largest absolute Gasteiger partial charge is 0.497 e. The number of ether oxygens (including phenoxy) is 1. The van der Waals surface area contributed by atoms with Gasteiger partial charge in [-0.25, -0.2) is 0 Å². The number of rotatable bonds is 11. The minimum atomic E-state index is -0.643. The molecular formula is C28H31ClN2O3. The summed E-state index contributed by atoms with van der Waals surface area (Å²) in [7, 11) is 1.62. The third kappa shape index (κ3) is 7.35. The summed E-state index contributed by atoms with van der Waals surface area (Å²) < 4.78 is 5.26. The fourth-order valence-corrected chi connectivity index (χ4v) is 3.85. The molecule has 0 unspecified atom stereocenters. The van der Waals surface area contributed by atoms with Crippen LogP contribution in [0.1, 0.15) is 30.0 Å². The quantitative estimate of drug-likeness (QED) is 0.419. The summed E-state index contributed by atoms with van der Waals surface area (Å²) in [6.45, 7) is 2.88. The lowest BCUT2D eigenvalue weighted by molar-refractivity contribution is -0.140. The van der Waals surface area contributed by atoms with E-state index in [4.69, 9.17) is 16.3 Å². The second-order valence-electron chi connectivity index (χ2n) is 8.17. The predicted molar refractivity (Wildman–Crippen MR) is 136 cm³/mol. The van der Waals surface area contributed by atoms with E-state index in [0.29, 0.717) is 24.5 Å². The molecule has 3 rings (SSSR count). The molecule has 5 nitrogen and oxygen atoms in total. The molecule has 3 aromatic carbocycles. The highest BCUT2D eigenvalue weighted by Gasteiger charge is 2.30. The Morgan fingerprint density at radius 3 is 2.18 bits per heavy atom. The number of hydrogen-bond acceptors (Lipinski definition) is 3. The number of carbonyl (C=O) groups excluding carboxylic acids is 2. The fourth-order valence-electron chi connectivity index (χ4n) is 3.73. The lowest BCUT2D eigenvalue weighted by Gasteiger charge is -2.31. The lowest BCUT2D eigenvalue weighted by atomic mass is 10.0. The Morgan fingerprint density at radius 1 is 0.912 bits per heavy atom. The van der Waals surface area contributed by atoms with Crippen LogP contribution in [-0.2, 0) is 29.0 Å². The summed E-state index contributed by atoms with van der Waals surface area (Å²) in [6, 6.07) is 23.9. The van der Waals surface area contributed by atoms with E-state index in [1.807, 2.05) is 73.7 Å². The van der Waals surface area contributed by atoms with Crippen molar-refractivity contribution in [3.63, 3.8) is 0 Å². The predicted octanol–water partition coefficient (Wildman–Crippen LogP) is 5.06. The fraction of sp³-hybridized carbons (Fsp3) is 0.286. The SMILES string of the molecule is CCCNC(=O)[C@H](Cc1ccccc1)N(Cc1ccc(OC)cc1)C(=O)Cc1ccc(Cl)cc1. The molecule has 2 amide bonds. The van der Waals surface area contributed by atoms with E-state index in [2.05, 4.69) is 5.32 Å². The van der Waals surface area contributed by atoms with Crippen LogP contribution in [0.2, 0.25) is 5.02 Å². The first-order valence-electron chi connectivity index (χ1n) is 11.5. The monoisotopic (exact) mass is 478 g/mol. The smallest absolute Gasteiger partial charge is 0.243 e. The molecule has 0 aliphatic carbocycles. The highest BCUT2D eigenvalue weighted by Crippen LogP contribution is 2.19. The van der Waals surface area contributed by atoms with Crippen LogP contribution in [0.15, 0.2) is 78.9 Å². The molecule has 0 radical (unpaired) electrons. The zero-order valence-electron chi connectivity index (χ0n) is 19.7. The minimum absolute atomic E-state index is 0.120. The van der Waals surface area contributed by atoms with Gasteiger partial charge in [-0.15, -0.1) is 0 Å². The Morgan fingerprint density at radius 2 is 1.56 bits per heavy atom. The Labute approximate surface area is 206 Å². The molecule has 178 valence electrons.